The van der Waals surface area contributed by atoms with Crippen LogP contribution in [0.5, 0.6) is 5.75 Å². The molecule has 1 aromatic rings. The molecule has 1 saturated carbocycles. The van der Waals surface area contributed by atoms with Gasteiger partial charge in [-0.05, 0) is 25.0 Å². The molecule has 0 bridgehead atoms. The fraction of sp³-hybridized carbons (Fsp3) is 0.429. The number of amides is 1. The van der Waals surface area contributed by atoms with Crippen molar-refractivity contribution in [3.63, 3.8) is 0 Å². The lowest BCUT2D eigenvalue weighted by molar-refractivity contribution is -0.157. The molecular formula is C14H16FNO4. The lowest BCUT2D eigenvalue weighted by atomic mass is 9.66. The first-order chi connectivity index (χ1) is 9.47. The van der Waals surface area contributed by atoms with E-state index < -0.39 is 17.2 Å². The van der Waals surface area contributed by atoms with Gasteiger partial charge in [-0.2, -0.15) is 0 Å². The molecule has 5 nitrogen and oxygen atoms in total. The van der Waals surface area contributed by atoms with Crippen molar-refractivity contribution in [3.05, 3.63) is 24.0 Å². The van der Waals surface area contributed by atoms with Crippen molar-refractivity contribution in [1.82, 2.24) is 0 Å². The van der Waals surface area contributed by atoms with Crippen molar-refractivity contribution < 1.29 is 23.8 Å². The van der Waals surface area contributed by atoms with Crippen LogP contribution in [-0.2, 0) is 9.59 Å². The summed E-state index contributed by atoms with van der Waals surface area (Å²) in [4.78, 5) is 23.1. The quantitative estimate of drug-likeness (QED) is 0.869. The van der Waals surface area contributed by atoms with E-state index in [1.807, 2.05) is 0 Å². The van der Waals surface area contributed by atoms with E-state index in [9.17, 15) is 14.0 Å². The molecule has 0 saturated heterocycles. The van der Waals surface area contributed by atoms with Gasteiger partial charge >= 0.3 is 5.97 Å². The highest BCUT2D eigenvalue weighted by Crippen LogP contribution is 2.44. The number of carbonyl (C=O) groups excluding carboxylic acids is 1. The zero-order valence-electron chi connectivity index (χ0n) is 11.1. The zero-order valence-corrected chi connectivity index (χ0v) is 11.1. The van der Waals surface area contributed by atoms with Gasteiger partial charge < -0.3 is 15.2 Å². The summed E-state index contributed by atoms with van der Waals surface area (Å²) in [5.74, 6) is -1.82. The van der Waals surface area contributed by atoms with Gasteiger partial charge in [0.25, 0.3) is 0 Å². The second-order valence-corrected chi connectivity index (χ2v) is 5.01. The number of benzene rings is 1. The fourth-order valence-electron chi connectivity index (χ4n) is 2.32. The first-order valence-electron chi connectivity index (χ1n) is 6.34. The van der Waals surface area contributed by atoms with Crippen molar-refractivity contribution in [3.8, 4) is 5.75 Å². The van der Waals surface area contributed by atoms with Crippen LogP contribution >= 0.6 is 0 Å². The molecule has 0 aromatic heterocycles. The molecule has 0 atom stereocenters. The van der Waals surface area contributed by atoms with Gasteiger partial charge in [0.1, 0.15) is 0 Å². The number of rotatable bonds is 5. The van der Waals surface area contributed by atoms with Gasteiger partial charge in [0, 0.05) is 18.2 Å². The van der Waals surface area contributed by atoms with Gasteiger partial charge in [-0.25, -0.2) is 4.39 Å². The lowest BCUT2D eigenvalue weighted by Gasteiger charge is -2.36. The van der Waals surface area contributed by atoms with Crippen molar-refractivity contribution in [1.29, 1.82) is 0 Å². The van der Waals surface area contributed by atoms with Crippen LogP contribution in [0.1, 0.15) is 25.7 Å². The van der Waals surface area contributed by atoms with E-state index in [4.69, 9.17) is 9.84 Å². The molecule has 1 aliphatic carbocycles. The lowest BCUT2D eigenvalue weighted by Crippen LogP contribution is -2.41. The standard InChI is InChI=1S/C14H16FNO4/c1-20-11-7-9(3-4-10(11)15)16-12(17)8-14(13(18)19)5-2-6-14/h3-4,7H,2,5-6,8H2,1H3,(H,16,17)(H,18,19). The van der Waals surface area contributed by atoms with Gasteiger partial charge in [-0.15, -0.1) is 0 Å². The van der Waals surface area contributed by atoms with E-state index in [2.05, 4.69) is 5.32 Å². The number of hydrogen-bond acceptors (Lipinski definition) is 3. The topological polar surface area (TPSA) is 75.6 Å². The summed E-state index contributed by atoms with van der Waals surface area (Å²) in [5.41, 5.74) is -0.554. The second-order valence-electron chi connectivity index (χ2n) is 5.01. The number of hydrogen-bond donors (Lipinski definition) is 2. The Morgan fingerprint density at radius 2 is 2.15 bits per heavy atom. The number of carbonyl (C=O) groups is 2. The monoisotopic (exact) mass is 281 g/mol. The maximum Gasteiger partial charge on any atom is 0.310 e. The number of ether oxygens (including phenoxy) is 1. The second kappa shape index (κ2) is 5.48. The summed E-state index contributed by atoms with van der Waals surface area (Å²) in [7, 11) is 1.33. The Labute approximate surface area is 115 Å². The van der Waals surface area contributed by atoms with E-state index in [1.165, 1.54) is 25.3 Å². The first-order valence-corrected chi connectivity index (χ1v) is 6.34. The Kier molecular flexibility index (Phi) is 3.92. The van der Waals surface area contributed by atoms with Crippen LogP contribution in [0.15, 0.2) is 18.2 Å². The molecule has 0 unspecified atom stereocenters. The molecule has 1 aromatic carbocycles. The first kappa shape index (κ1) is 14.3. The predicted molar refractivity (Wildman–Crippen MR) is 70.1 cm³/mol. The van der Waals surface area contributed by atoms with Crippen LogP contribution in [0, 0.1) is 11.2 Å². The highest BCUT2D eigenvalue weighted by Gasteiger charge is 2.45. The largest absolute Gasteiger partial charge is 0.494 e. The predicted octanol–water partition coefficient (Wildman–Crippen LogP) is 2.42. The maximum atomic E-state index is 13.2. The highest BCUT2D eigenvalue weighted by atomic mass is 19.1. The fourth-order valence-corrected chi connectivity index (χ4v) is 2.32. The van der Waals surface area contributed by atoms with Crippen LogP contribution in [0.4, 0.5) is 10.1 Å². The van der Waals surface area contributed by atoms with Gasteiger partial charge in [0.05, 0.1) is 12.5 Å². The molecule has 2 rings (SSSR count). The molecule has 108 valence electrons. The van der Waals surface area contributed by atoms with Crippen molar-refractivity contribution in [2.45, 2.75) is 25.7 Å². The SMILES string of the molecule is COc1cc(NC(=O)CC2(C(=O)O)CCC2)ccc1F. The Hall–Kier alpha value is -2.11. The average Bonchev–Trinajstić information content (AvgIpc) is 2.35. The summed E-state index contributed by atoms with van der Waals surface area (Å²) in [5, 5.41) is 11.7. The van der Waals surface area contributed by atoms with Crippen LogP contribution in [-0.4, -0.2) is 24.1 Å². The van der Waals surface area contributed by atoms with Crippen molar-refractivity contribution in [2.75, 3.05) is 12.4 Å². The molecule has 20 heavy (non-hydrogen) atoms. The summed E-state index contributed by atoms with van der Waals surface area (Å²) >= 11 is 0. The van der Waals surface area contributed by atoms with Gasteiger partial charge in [0.2, 0.25) is 5.91 Å². The Bertz CT molecular complexity index is 540. The molecule has 6 heteroatoms. The van der Waals surface area contributed by atoms with Crippen LogP contribution in [0.3, 0.4) is 0 Å². The minimum Gasteiger partial charge on any atom is -0.494 e. The third-order valence-corrected chi connectivity index (χ3v) is 3.70. The highest BCUT2D eigenvalue weighted by molar-refractivity contribution is 5.94. The maximum absolute atomic E-state index is 13.2. The third-order valence-electron chi connectivity index (χ3n) is 3.70. The molecule has 0 radical (unpaired) electrons. The Balaban J connectivity index is 2.03. The van der Waals surface area contributed by atoms with E-state index >= 15 is 0 Å². The van der Waals surface area contributed by atoms with Crippen molar-refractivity contribution in [2.24, 2.45) is 5.41 Å². The van der Waals surface area contributed by atoms with Crippen LogP contribution < -0.4 is 10.1 Å². The molecule has 0 heterocycles. The summed E-state index contributed by atoms with van der Waals surface area (Å²) in [6.07, 6.45) is 1.79. The molecule has 0 aliphatic heterocycles. The van der Waals surface area contributed by atoms with E-state index in [1.54, 1.807) is 0 Å². The summed E-state index contributed by atoms with van der Waals surface area (Å²) < 4.78 is 18.1. The molecule has 1 aliphatic rings. The van der Waals surface area contributed by atoms with Gasteiger partial charge in [0.15, 0.2) is 11.6 Å². The van der Waals surface area contributed by atoms with E-state index in [0.717, 1.165) is 6.42 Å². The number of carboxylic acid groups (broad SMARTS) is 1. The normalized spacial score (nSPS) is 16.1. The number of anilines is 1. The number of methoxy groups -OCH3 is 1. The van der Waals surface area contributed by atoms with Gasteiger partial charge in [-0.1, -0.05) is 6.42 Å². The number of nitrogens with one attached hydrogen (secondary N) is 1. The molecule has 2 N–H and O–H groups in total. The number of aliphatic carboxylic acids is 1. The molecule has 1 amide bonds. The molecule has 0 spiro atoms. The van der Waals surface area contributed by atoms with E-state index in [-0.39, 0.29) is 18.1 Å². The Morgan fingerprint density at radius 3 is 2.65 bits per heavy atom. The Morgan fingerprint density at radius 1 is 1.45 bits per heavy atom. The minimum absolute atomic E-state index is 0.0272. The van der Waals surface area contributed by atoms with Gasteiger partial charge in [-0.3, -0.25) is 9.59 Å². The minimum atomic E-state index is -0.936. The third kappa shape index (κ3) is 2.74. The average molecular weight is 281 g/mol. The van der Waals surface area contributed by atoms with E-state index in [0.29, 0.717) is 18.5 Å². The smallest absolute Gasteiger partial charge is 0.310 e. The summed E-state index contributed by atoms with van der Waals surface area (Å²) in [6.45, 7) is 0. The zero-order chi connectivity index (χ0) is 14.8. The van der Waals surface area contributed by atoms with Crippen LogP contribution in [0.2, 0.25) is 0 Å². The number of carboxylic acids is 1. The summed E-state index contributed by atoms with van der Waals surface area (Å²) in [6, 6.07) is 3.95. The van der Waals surface area contributed by atoms with Crippen LogP contribution in [0.25, 0.3) is 0 Å². The molecular weight excluding hydrogens is 265 g/mol. The van der Waals surface area contributed by atoms with Crippen molar-refractivity contribution >= 4 is 17.6 Å². The number of halogens is 1. The molecule has 1 fully saturated rings.